The van der Waals surface area contributed by atoms with Crippen LogP contribution in [-0.4, -0.2) is 28.8 Å². The van der Waals surface area contributed by atoms with Crippen molar-refractivity contribution < 1.29 is 4.79 Å². The van der Waals surface area contributed by atoms with Crippen LogP contribution in [0.4, 0.5) is 5.69 Å². The van der Waals surface area contributed by atoms with Crippen molar-refractivity contribution in [1.29, 1.82) is 0 Å². The molecule has 2 aromatic carbocycles. The van der Waals surface area contributed by atoms with Crippen LogP contribution in [0, 0.1) is 0 Å². The lowest BCUT2D eigenvalue weighted by molar-refractivity contribution is 0.102. The van der Waals surface area contributed by atoms with Crippen molar-refractivity contribution in [1.82, 2.24) is 15.1 Å². The summed E-state index contributed by atoms with van der Waals surface area (Å²) in [7, 11) is 0. The highest BCUT2D eigenvalue weighted by Crippen LogP contribution is 2.20. The molecule has 5 heteroatoms. The van der Waals surface area contributed by atoms with Crippen LogP contribution in [0.1, 0.15) is 40.5 Å². The minimum Gasteiger partial charge on any atom is -0.320 e. The average Bonchev–Trinajstić information content (AvgIpc) is 3.21. The Morgan fingerprint density at radius 2 is 1.93 bits per heavy atom. The number of hydrogen-bond acceptors (Lipinski definition) is 3. The molecule has 1 aromatic heterocycles. The van der Waals surface area contributed by atoms with Gasteiger partial charge in [0.2, 0.25) is 0 Å². The Balaban J connectivity index is 1.48. The van der Waals surface area contributed by atoms with Crippen molar-refractivity contribution >= 4 is 11.6 Å². The number of para-hydroxylation sites is 1. The lowest BCUT2D eigenvalue weighted by atomic mass is 10.0. The zero-order valence-electron chi connectivity index (χ0n) is 15.3. The van der Waals surface area contributed by atoms with E-state index in [1.807, 2.05) is 47.3 Å². The monoisotopic (exact) mass is 360 g/mol. The summed E-state index contributed by atoms with van der Waals surface area (Å²) in [6.07, 6.45) is 4.91. The van der Waals surface area contributed by atoms with E-state index in [1.54, 1.807) is 6.07 Å². The van der Waals surface area contributed by atoms with Gasteiger partial charge in [0.1, 0.15) is 0 Å². The van der Waals surface area contributed by atoms with Gasteiger partial charge in [-0.1, -0.05) is 48.5 Å². The van der Waals surface area contributed by atoms with Gasteiger partial charge < -0.3 is 10.6 Å². The molecule has 0 saturated carbocycles. The van der Waals surface area contributed by atoms with Crippen molar-refractivity contribution in [2.24, 2.45) is 0 Å². The molecule has 3 aromatic rings. The van der Waals surface area contributed by atoms with E-state index in [0.29, 0.717) is 11.7 Å². The molecule has 4 rings (SSSR count). The summed E-state index contributed by atoms with van der Waals surface area (Å²) in [6.45, 7) is 1.96. The maximum absolute atomic E-state index is 12.7. The highest BCUT2D eigenvalue weighted by atomic mass is 16.1. The van der Waals surface area contributed by atoms with Crippen molar-refractivity contribution in [3.05, 3.63) is 83.7 Å². The third-order valence-electron chi connectivity index (χ3n) is 4.99. The van der Waals surface area contributed by atoms with Crippen molar-refractivity contribution in [2.75, 3.05) is 18.4 Å². The van der Waals surface area contributed by atoms with E-state index in [2.05, 4.69) is 33.9 Å². The fourth-order valence-corrected chi connectivity index (χ4v) is 3.52. The lowest BCUT2D eigenvalue weighted by Crippen LogP contribution is -2.32. The molecule has 1 aliphatic rings. The predicted molar refractivity (Wildman–Crippen MR) is 107 cm³/mol. The molecule has 2 heterocycles. The Hall–Kier alpha value is -2.92. The molecular formula is C22H24N4O. The Morgan fingerprint density at radius 1 is 1.11 bits per heavy atom. The Kier molecular flexibility index (Phi) is 5.30. The number of aromatic nitrogens is 2. The fraction of sp³-hybridized carbons (Fsp3) is 0.273. The van der Waals surface area contributed by atoms with E-state index in [9.17, 15) is 4.79 Å². The van der Waals surface area contributed by atoms with Crippen molar-refractivity contribution in [2.45, 2.75) is 25.3 Å². The number of nitrogens with zero attached hydrogens (tertiary/aromatic N) is 2. The summed E-state index contributed by atoms with van der Waals surface area (Å²) in [6, 6.07) is 20.3. The third kappa shape index (κ3) is 4.26. The van der Waals surface area contributed by atoms with Crippen LogP contribution in [-0.2, 0) is 6.42 Å². The molecule has 1 amide bonds. The van der Waals surface area contributed by atoms with Gasteiger partial charge in [0.25, 0.3) is 5.91 Å². The number of carbonyl (C=O) groups excluding carboxylic acids is 1. The second-order valence-corrected chi connectivity index (χ2v) is 6.95. The first-order chi connectivity index (χ1) is 13.3. The summed E-state index contributed by atoms with van der Waals surface area (Å²) in [4.78, 5) is 12.7. The summed E-state index contributed by atoms with van der Waals surface area (Å²) in [5.74, 6) is -0.168. The second kappa shape index (κ2) is 8.18. The molecule has 2 N–H and O–H groups in total. The zero-order valence-corrected chi connectivity index (χ0v) is 15.3. The van der Waals surface area contributed by atoms with Gasteiger partial charge in [-0.05, 0) is 49.1 Å². The molecule has 0 spiro atoms. The highest BCUT2D eigenvalue weighted by Gasteiger charge is 2.18. The molecular weight excluding hydrogens is 336 g/mol. The van der Waals surface area contributed by atoms with E-state index in [-0.39, 0.29) is 5.91 Å². The van der Waals surface area contributed by atoms with Gasteiger partial charge in [-0.3, -0.25) is 9.48 Å². The topological polar surface area (TPSA) is 59.0 Å². The molecule has 5 nitrogen and oxygen atoms in total. The van der Waals surface area contributed by atoms with Gasteiger partial charge in [-0.15, -0.1) is 0 Å². The smallest absolute Gasteiger partial charge is 0.276 e. The van der Waals surface area contributed by atoms with Gasteiger partial charge in [0.15, 0.2) is 5.69 Å². The van der Waals surface area contributed by atoms with E-state index in [1.165, 1.54) is 5.56 Å². The van der Waals surface area contributed by atoms with Gasteiger partial charge in [0, 0.05) is 18.4 Å². The van der Waals surface area contributed by atoms with Crippen LogP contribution < -0.4 is 10.6 Å². The minimum absolute atomic E-state index is 0.168. The number of anilines is 1. The standard InChI is InChI=1S/C22H24N4O/c27-22(21-12-14-26(25-21)19-10-6-13-23-16-19)24-20-11-5-4-9-18(20)15-17-7-2-1-3-8-17/h1-5,7-9,11-12,14,19,23H,6,10,13,15-16H2,(H,24,27). The third-order valence-corrected chi connectivity index (χ3v) is 4.99. The van der Waals surface area contributed by atoms with Gasteiger partial charge in [-0.2, -0.15) is 5.10 Å². The quantitative estimate of drug-likeness (QED) is 0.730. The number of benzene rings is 2. The average molecular weight is 360 g/mol. The number of piperidine rings is 1. The first kappa shape index (κ1) is 17.5. The fourth-order valence-electron chi connectivity index (χ4n) is 3.52. The van der Waals surface area contributed by atoms with Gasteiger partial charge >= 0.3 is 0 Å². The van der Waals surface area contributed by atoms with Crippen LogP contribution in [0.2, 0.25) is 0 Å². The molecule has 138 valence electrons. The van der Waals surface area contributed by atoms with Crippen LogP contribution in [0.3, 0.4) is 0 Å². The van der Waals surface area contributed by atoms with Crippen LogP contribution in [0.15, 0.2) is 66.9 Å². The van der Waals surface area contributed by atoms with Gasteiger partial charge in [-0.25, -0.2) is 0 Å². The van der Waals surface area contributed by atoms with E-state index < -0.39 is 0 Å². The first-order valence-corrected chi connectivity index (χ1v) is 9.48. The summed E-state index contributed by atoms with van der Waals surface area (Å²) in [5.41, 5.74) is 3.59. The summed E-state index contributed by atoms with van der Waals surface area (Å²) >= 11 is 0. The molecule has 1 fully saturated rings. The normalized spacial score (nSPS) is 16.8. The maximum atomic E-state index is 12.7. The van der Waals surface area contributed by atoms with E-state index >= 15 is 0 Å². The number of nitrogens with one attached hydrogen (secondary N) is 2. The minimum atomic E-state index is -0.168. The maximum Gasteiger partial charge on any atom is 0.276 e. The number of hydrogen-bond donors (Lipinski definition) is 2. The molecule has 0 aliphatic carbocycles. The lowest BCUT2D eigenvalue weighted by Gasteiger charge is -2.22. The van der Waals surface area contributed by atoms with Crippen LogP contribution in [0.5, 0.6) is 0 Å². The van der Waals surface area contributed by atoms with E-state index in [0.717, 1.165) is 43.6 Å². The molecule has 1 aliphatic heterocycles. The largest absolute Gasteiger partial charge is 0.320 e. The Labute approximate surface area is 159 Å². The van der Waals surface area contributed by atoms with Crippen molar-refractivity contribution in [3.8, 4) is 0 Å². The predicted octanol–water partition coefficient (Wildman–Crippen LogP) is 3.65. The van der Waals surface area contributed by atoms with E-state index in [4.69, 9.17) is 0 Å². The number of rotatable bonds is 5. The van der Waals surface area contributed by atoms with Crippen LogP contribution in [0.25, 0.3) is 0 Å². The van der Waals surface area contributed by atoms with Gasteiger partial charge in [0.05, 0.1) is 6.04 Å². The zero-order chi connectivity index (χ0) is 18.5. The van der Waals surface area contributed by atoms with Crippen molar-refractivity contribution in [3.63, 3.8) is 0 Å². The number of carbonyl (C=O) groups is 1. The molecule has 1 atom stereocenters. The molecule has 1 saturated heterocycles. The highest BCUT2D eigenvalue weighted by molar-refractivity contribution is 6.03. The molecule has 0 bridgehead atoms. The second-order valence-electron chi connectivity index (χ2n) is 6.95. The summed E-state index contributed by atoms with van der Waals surface area (Å²) in [5, 5.41) is 10.9. The molecule has 1 unspecified atom stereocenters. The Bertz CT molecular complexity index is 897. The molecule has 0 radical (unpaired) electrons. The first-order valence-electron chi connectivity index (χ1n) is 9.48. The Morgan fingerprint density at radius 3 is 2.74 bits per heavy atom. The number of amides is 1. The van der Waals surface area contributed by atoms with Crippen LogP contribution >= 0.6 is 0 Å². The molecule has 27 heavy (non-hydrogen) atoms. The SMILES string of the molecule is O=C(Nc1ccccc1Cc1ccccc1)c1ccn(C2CCCNC2)n1. The summed E-state index contributed by atoms with van der Waals surface area (Å²) < 4.78 is 1.91.